The first-order valence-corrected chi connectivity index (χ1v) is 6.27. The number of ether oxygens (including phenoxy) is 1. The molecule has 2 nitrogen and oxygen atoms in total. The van der Waals surface area contributed by atoms with Crippen LogP contribution in [0.3, 0.4) is 0 Å². The summed E-state index contributed by atoms with van der Waals surface area (Å²) in [6, 6.07) is 4.60. The number of hydrogen-bond acceptors (Lipinski definition) is 1. The molecule has 88 valence electrons. The van der Waals surface area contributed by atoms with E-state index < -0.39 is 0 Å². The van der Waals surface area contributed by atoms with E-state index >= 15 is 0 Å². The predicted molar refractivity (Wildman–Crippen MR) is 65.4 cm³/mol. The fourth-order valence-corrected chi connectivity index (χ4v) is 2.48. The quantitative estimate of drug-likeness (QED) is 0.811. The molecule has 2 rings (SSSR count). The molecule has 0 amide bonds. The number of quaternary nitrogens is 1. The molecule has 0 aromatic heterocycles. The lowest BCUT2D eigenvalue weighted by Gasteiger charge is -2.17. The van der Waals surface area contributed by atoms with Crippen molar-refractivity contribution in [3.8, 4) is 0 Å². The summed E-state index contributed by atoms with van der Waals surface area (Å²) in [4.78, 5) is 1.64. The summed E-state index contributed by atoms with van der Waals surface area (Å²) < 4.78 is 5.55. The van der Waals surface area contributed by atoms with Crippen LogP contribution in [-0.4, -0.2) is 13.1 Å². The van der Waals surface area contributed by atoms with E-state index in [2.05, 4.69) is 32.9 Å². The molecule has 0 atom stereocenters. The largest absolute Gasteiger partial charge is 0.372 e. The Kier molecular flexibility index (Phi) is 3.62. The molecular formula is C14H22NO+. The third kappa shape index (κ3) is 2.28. The second-order valence-electron chi connectivity index (χ2n) is 4.69. The average Bonchev–Trinajstić information content (AvgIpc) is 2.73. The van der Waals surface area contributed by atoms with Gasteiger partial charge in [0.2, 0.25) is 0 Å². The predicted octanol–water partition coefficient (Wildman–Crippen LogP) is 1.45. The van der Waals surface area contributed by atoms with Gasteiger partial charge in [-0.25, -0.2) is 0 Å². The van der Waals surface area contributed by atoms with Crippen LogP contribution in [0, 0.1) is 6.92 Å². The van der Waals surface area contributed by atoms with Gasteiger partial charge in [0.05, 0.1) is 26.3 Å². The molecule has 0 saturated carbocycles. The molecule has 1 aromatic rings. The van der Waals surface area contributed by atoms with Crippen LogP contribution in [0.4, 0.5) is 0 Å². The molecule has 16 heavy (non-hydrogen) atoms. The minimum Gasteiger partial charge on any atom is -0.372 e. The first kappa shape index (κ1) is 11.6. The average molecular weight is 220 g/mol. The summed E-state index contributed by atoms with van der Waals surface area (Å²) in [6.07, 6.45) is 0. The van der Waals surface area contributed by atoms with Gasteiger partial charge in [-0.15, -0.1) is 0 Å². The Morgan fingerprint density at radius 2 is 1.94 bits per heavy atom. The van der Waals surface area contributed by atoms with Crippen LogP contribution in [-0.2, 0) is 24.5 Å². The Labute approximate surface area is 98.2 Å². The van der Waals surface area contributed by atoms with E-state index in [-0.39, 0.29) is 0 Å². The van der Waals surface area contributed by atoms with Crippen LogP contribution in [0.1, 0.15) is 36.1 Å². The van der Waals surface area contributed by atoms with Gasteiger partial charge >= 0.3 is 0 Å². The molecule has 1 aromatic carbocycles. The maximum absolute atomic E-state index is 5.55. The lowest BCUT2D eigenvalue weighted by molar-refractivity contribution is -0.910. The summed E-state index contributed by atoms with van der Waals surface area (Å²) in [7, 11) is 0. The summed E-state index contributed by atoms with van der Waals surface area (Å²) in [5.74, 6) is 0. The zero-order valence-corrected chi connectivity index (χ0v) is 10.6. The van der Waals surface area contributed by atoms with Crippen molar-refractivity contribution >= 4 is 0 Å². The number of fused-ring (bicyclic) bond motifs is 1. The zero-order chi connectivity index (χ0) is 11.5. The smallest absolute Gasteiger partial charge is 0.103 e. The summed E-state index contributed by atoms with van der Waals surface area (Å²) in [6.45, 7) is 11.8. The molecule has 0 spiro atoms. The van der Waals surface area contributed by atoms with Crippen LogP contribution in [0.15, 0.2) is 12.1 Å². The Bertz CT molecular complexity index is 369. The molecule has 0 aliphatic carbocycles. The van der Waals surface area contributed by atoms with Gasteiger partial charge < -0.3 is 9.64 Å². The number of nitrogens with one attached hydrogen (secondary N) is 1. The fraction of sp³-hybridized carbons (Fsp3) is 0.571. The summed E-state index contributed by atoms with van der Waals surface area (Å²) >= 11 is 0. The highest BCUT2D eigenvalue weighted by atomic mass is 16.5. The van der Waals surface area contributed by atoms with Crippen molar-refractivity contribution in [2.45, 2.75) is 40.5 Å². The van der Waals surface area contributed by atoms with Crippen molar-refractivity contribution in [1.82, 2.24) is 0 Å². The maximum Gasteiger partial charge on any atom is 0.103 e. The SMILES string of the molecule is CC[NH+](CC)Cc1cc(C)cc2c1COC2. The number of rotatable bonds is 4. The van der Waals surface area contributed by atoms with Crippen LogP contribution in [0.25, 0.3) is 0 Å². The molecule has 0 unspecified atom stereocenters. The van der Waals surface area contributed by atoms with Crippen molar-refractivity contribution < 1.29 is 9.64 Å². The molecule has 2 heteroatoms. The van der Waals surface area contributed by atoms with Crippen LogP contribution < -0.4 is 4.90 Å². The summed E-state index contributed by atoms with van der Waals surface area (Å²) in [5, 5.41) is 0. The Balaban J connectivity index is 2.26. The highest BCUT2D eigenvalue weighted by molar-refractivity contribution is 5.39. The number of benzene rings is 1. The normalized spacial score (nSPS) is 14.5. The minimum atomic E-state index is 0.803. The van der Waals surface area contributed by atoms with Crippen LogP contribution in [0.5, 0.6) is 0 Å². The maximum atomic E-state index is 5.55. The molecule has 1 N–H and O–H groups in total. The molecule has 1 aliphatic heterocycles. The first-order valence-electron chi connectivity index (χ1n) is 6.27. The van der Waals surface area contributed by atoms with Gasteiger partial charge in [0.15, 0.2) is 0 Å². The zero-order valence-electron chi connectivity index (χ0n) is 10.6. The van der Waals surface area contributed by atoms with Gasteiger partial charge in [-0.05, 0) is 31.9 Å². The van der Waals surface area contributed by atoms with Crippen LogP contribution >= 0.6 is 0 Å². The van der Waals surface area contributed by atoms with Crippen molar-refractivity contribution in [3.05, 3.63) is 34.4 Å². The molecular weight excluding hydrogens is 198 g/mol. The van der Waals surface area contributed by atoms with Gasteiger partial charge in [-0.3, -0.25) is 0 Å². The number of hydrogen-bond donors (Lipinski definition) is 1. The molecule has 0 saturated heterocycles. The van der Waals surface area contributed by atoms with Crippen molar-refractivity contribution in [3.63, 3.8) is 0 Å². The third-order valence-electron chi connectivity index (χ3n) is 3.52. The van der Waals surface area contributed by atoms with Gasteiger partial charge in [0.25, 0.3) is 0 Å². The van der Waals surface area contributed by atoms with Gasteiger partial charge in [-0.2, -0.15) is 0 Å². The van der Waals surface area contributed by atoms with Gasteiger partial charge in [0, 0.05) is 5.56 Å². The van der Waals surface area contributed by atoms with E-state index in [1.54, 1.807) is 4.90 Å². The Morgan fingerprint density at radius 1 is 1.19 bits per heavy atom. The molecule has 0 fully saturated rings. The van der Waals surface area contributed by atoms with Crippen molar-refractivity contribution in [2.75, 3.05) is 13.1 Å². The lowest BCUT2D eigenvalue weighted by atomic mass is 10.00. The Hall–Kier alpha value is -0.860. The molecule has 1 aliphatic rings. The minimum absolute atomic E-state index is 0.803. The summed E-state index contributed by atoms with van der Waals surface area (Å²) in [5.41, 5.74) is 5.71. The monoisotopic (exact) mass is 220 g/mol. The number of aryl methyl sites for hydroxylation is 1. The third-order valence-corrected chi connectivity index (χ3v) is 3.52. The topological polar surface area (TPSA) is 13.7 Å². The van der Waals surface area contributed by atoms with E-state index in [1.807, 2.05) is 0 Å². The van der Waals surface area contributed by atoms with E-state index in [9.17, 15) is 0 Å². The van der Waals surface area contributed by atoms with E-state index in [0.717, 1.165) is 19.8 Å². The second-order valence-corrected chi connectivity index (χ2v) is 4.69. The second kappa shape index (κ2) is 4.98. The molecule has 0 bridgehead atoms. The highest BCUT2D eigenvalue weighted by Gasteiger charge is 2.18. The first-order chi connectivity index (χ1) is 7.74. The molecule has 0 radical (unpaired) electrons. The fourth-order valence-electron chi connectivity index (χ4n) is 2.48. The highest BCUT2D eigenvalue weighted by Crippen LogP contribution is 2.24. The van der Waals surface area contributed by atoms with Crippen molar-refractivity contribution in [1.29, 1.82) is 0 Å². The Morgan fingerprint density at radius 3 is 2.62 bits per heavy atom. The van der Waals surface area contributed by atoms with E-state index in [4.69, 9.17) is 4.74 Å². The van der Waals surface area contributed by atoms with E-state index in [0.29, 0.717) is 0 Å². The van der Waals surface area contributed by atoms with E-state index in [1.165, 1.54) is 35.3 Å². The van der Waals surface area contributed by atoms with Gasteiger partial charge in [-0.1, -0.05) is 17.7 Å². The standard InChI is InChI=1S/C14H21NO/c1-4-15(5-2)8-12-6-11(3)7-13-9-16-10-14(12)13/h6-7H,4-5,8-10H2,1-3H3/p+1. The van der Waals surface area contributed by atoms with Gasteiger partial charge in [0.1, 0.15) is 6.54 Å². The van der Waals surface area contributed by atoms with Crippen LogP contribution in [0.2, 0.25) is 0 Å². The molecule has 1 heterocycles. The lowest BCUT2D eigenvalue weighted by Crippen LogP contribution is -3.10. The van der Waals surface area contributed by atoms with Crippen molar-refractivity contribution in [2.24, 2.45) is 0 Å².